The molecule has 32 heavy (non-hydrogen) atoms. The highest BCUT2D eigenvalue weighted by molar-refractivity contribution is 9.10. The zero-order chi connectivity index (χ0) is 22.9. The van der Waals surface area contributed by atoms with Crippen molar-refractivity contribution in [2.45, 2.75) is 25.9 Å². The average molecular weight is 520 g/mol. The lowest BCUT2D eigenvalue weighted by molar-refractivity contribution is -0.139. The fraction of sp³-hybridized carbons (Fsp3) is 0.240. The summed E-state index contributed by atoms with van der Waals surface area (Å²) in [4.78, 5) is 11.4. The van der Waals surface area contributed by atoms with Crippen molar-refractivity contribution >= 4 is 33.5 Å². The number of hydrogen-bond acceptors (Lipinski definition) is 5. The van der Waals surface area contributed by atoms with Gasteiger partial charge in [-0.1, -0.05) is 35.9 Å². The zero-order valence-corrected chi connectivity index (χ0v) is 20.2. The van der Waals surface area contributed by atoms with Crippen molar-refractivity contribution in [2.24, 2.45) is 0 Å². The quantitative estimate of drug-likeness (QED) is 0.274. The Bertz CT molecular complexity index is 1040. The van der Waals surface area contributed by atoms with Crippen molar-refractivity contribution in [3.05, 3.63) is 81.8 Å². The summed E-state index contributed by atoms with van der Waals surface area (Å²) in [5.74, 6) is 2.29. The highest BCUT2D eigenvalue weighted by atomic mass is 79.9. The van der Waals surface area contributed by atoms with Crippen LogP contribution in [0.4, 0.5) is 0 Å². The molecule has 0 radical (unpaired) electrons. The molecule has 3 rings (SSSR count). The maximum absolute atomic E-state index is 11.4. The number of ether oxygens (including phenoxy) is 4. The van der Waals surface area contributed by atoms with E-state index < -0.39 is 0 Å². The summed E-state index contributed by atoms with van der Waals surface area (Å²) >= 11 is 9.64. The van der Waals surface area contributed by atoms with Crippen molar-refractivity contribution in [3.63, 3.8) is 0 Å². The number of halogens is 2. The molecule has 0 aliphatic carbocycles. The van der Waals surface area contributed by atoms with E-state index in [1.54, 1.807) is 18.2 Å². The summed E-state index contributed by atoms with van der Waals surface area (Å²) in [5.41, 5.74) is 0.849. The number of hydrogen-bond donors (Lipinski definition) is 0. The van der Waals surface area contributed by atoms with Crippen LogP contribution >= 0.6 is 27.5 Å². The first kappa shape index (κ1) is 24.0. The Morgan fingerprint density at radius 2 is 1.75 bits per heavy atom. The molecule has 0 spiro atoms. The summed E-state index contributed by atoms with van der Waals surface area (Å²) in [6.45, 7) is 2.43. The number of benzene rings is 3. The molecule has 0 bridgehead atoms. The molecule has 0 saturated carbocycles. The van der Waals surface area contributed by atoms with Gasteiger partial charge in [0.15, 0.2) is 11.5 Å². The first-order chi connectivity index (χ1) is 15.4. The van der Waals surface area contributed by atoms with Gasteiger partial charge in [0, 0.05) is 17.5 Å². The molecular weight excluding hydrogens is 496 g/mol. The first-order valence-electron chi connectivity index (χ1n) is 10.1. The molecule has 3 aromatic carbocycles. The number of methoxy groups -OCH3 is 1. The molecule has 0 aromatic heterocycles. The smallest absolute Gasteiger partial charge is 0.309 e. The van der Waals surface area contributed by atoms with Crippen LogP contribution in [0.25, 0.3) is 0 Å². The topological polar surface area (TPSA) is 54.0 Å². The molecule has 0 aliphatic heterocycles. The zero-order valence-electron chi connectivity index (χ0n) is 17.8. The Balaban J connectivity index is 1.55. The van der Waals surface area contributed by atoms with Crippen LogP contribution < -0.4 is 14.2 Å². The monoisotopic (exact) mass is 518 g/mol. The van der Waals surface area contributed by atoms with Gasteiger partial charge in [-0.2, -0.15) is 0 Å². The van der Waals surface area contributed by atoms with Crippen molar-refractivity contribution in [2.75, 3.05) is 13.7 Å². The molecule has 0 fully saturated rings. The van der Waals surface area contributed by atoms with E-state index in [-0.39, 0.29) is 18.5 Å². The first-order valence-corrected chi connectivity index (χ1v) is 11.3. The lowest BCUT2D eigenvalue weighted by Crippen LogP contribution is -2.16. The molecule has 0 N–H and O–H groups in total. The van der Waals surface area contributed by atoms with E-state index in [0.717, 1.165) is 10.0 Å². The Kier molecular flexibility index (Phi) is 8.82. The van der Waals surface area contributed by atoms with Gasteiger partial charge in [-0.3, -0.25) is 4.79 Å². The third kappa shape index (κ3) is 7.18. The van der Waals surface area contributed by atoms with E-state index in [1.165, 1.54) is 7.11 Å². The van der Waals surface area contributed by atoms with E-state index in [1.807, 2.05) is 55.5 Å². The van der Waals surface area contributed by atoms with E-state index in [2.05, 4.69) is 15.9 Å². The van der Waals surface area contributed by atoms with E-state index in [4.69, 9.17) is 30.5 Å². The summed E-state index contributed by atoms with van der Waals surface area (Å²) in [6, 6.07) is 20.3. The SMILES string of the molecule is COC(=O)Cc1ccc(OCCC(C)Oc2ccc(Cl)cc2Oc2ccccc2)c(Br)c1. The van der Waals surface area contributed by atoms with Crippen LogP contribution in [0.2, 0.25) is 5.02 Å². The van der Waals surface area contributed by atoms with Gasteiger partial charge in [-0.05, 0) is 64.8 Å². The van der Waals surface area contributed by atoms with Crippen molar-refractivity contribution in [1.82, 2.24) is 0 Å². The second-order valence-corrected chi connectivity index (χ2v) is 8.38. The van der Waals surface area contributed by atoms with Crippen molar-refractivity contribution < 1.29 is 23.7 Å². The predicted octanol–water partition coefficient (Wildman–Crippen LogP) is 6.85. The van der Waals surface area contributed by atoms with E-state index in [9.17, 15) is 4.79 Å². The van der Waals surface area contributed by atoms with Gasteiger partial charge >= 0.3 is 5.97 Å². The van der Waals surface area contributed by atoms with Gasteiger partial charge < -0.3 is 18.9 Å². The van der Waals surface area contributed by atoms with Crippen LogP contribution in [-0.4, -0.2) is 25.8 Å². The normalized spacial score (nSPS) is 11.5. The van der Waals surface area contributed by atoms with E-state index >= 15 is 0 Å². The van der Waals surface area contributed by atoms with Crippen LogP contribution in [0.1, 0.15) is 18.9 Å². The van der Waals surface area contributed by atoms with Crippen LogP contribution in [0, 0.1) is 0 Å². The lowest BCUT2D eigenvalue weighted by Gasteiger charge is -2.18. The van der Waals surface area contributed by atoms with Crippen LogP contribution in [0.15, 0.2) is 71.2 Å². The Morgan fingerprint density at radius 1 is 1.00 bits per heavy atom. The maximum atomic E-state index is 11.4. The molecule has 5 nitrogen and oxygen atoms in total. The summed E-state index contributed by atoms with van der Waals surface area (Å²) in [7, 11) is 1.37. The molecule has 0 aliphatic rings. The number of carbonyl (C=O) groups is 1. The van der Waals surface area contributed by atoms with Crippen LogP contribution in [-0.2, 0) is 16.0 Å². The Labute approximate surface area is 201 Å². The molecule has 0 heterocycles. The largest absolute Gasteiger partial charge is 0.492 e. The molecule has 0 saturated heterocycles. The van der Waals surface area contributed by atoms with Gasteiger partial charge in [0.05, 0.1) is 30.7 Å². The van der Waals surface area contributed by atoms with Gasteiger partial charge in [-0.15, -0.1) is 0 Å². The summed E-state index contributed by atoms with van der Waals surface area (Å²) in [6.07, 6.45) is 0.755. The van der Waals surface area contributed by atoms with Gasteiger partial charge in [-0.25, -0.2) is 0 Å². The molecular formula is C25H24BrClO5. The predicted molar refractivity (Wildman–Crippen MR) is 128 cm³/mol. The van der Waals surface area contributed by atoms with Gasteiger partial charge in [0.1, 0.15) is 11.5 Å². The number of carbonyl (C=O) groups excluding carboxylic acids is 1. The lowest BCUT2D eigenvalue weighted by atomic mass is 10.1. The molecule has 7 heteroatoms. The minimum atomic E-state index is -0.283. The second-order valence-electron chi connectivity index (χ2n) is 7.09. The number of para-hydroxylation sites is 1. The van der Waals surface area contributed by atoms with Gasteiger partial charge in [0.25, 0.3) is 0 Å². The maximum Gasteiger partial charge on any atom is 0.309 e. The summed E-state index contributed by atoms with van der Waals surface area (Å²) < 4.78 is 23.4. The number of esters is 1. The Morgan fingerprint density at radius 3 is 2.47 bits per heavy atom. The van der Waals surface area contributed by atoms with Gasteiger partial charge in [0.2, 0.25) is 0 Å². The fourth-order valence-corrected chi connectivity index (χ4v) is 3.60. The molecule has 3 aromatic rings. The minimum absolute atomic E-state index is 0.119. The molecule has 168 valence electrons. The third-order valence-corrected chi connectivity index (χ3v) is 5.41. The van der Waals surface area contributed by atoms with Crippen LogP contribution in [0.3, 0.4) is 0 Å². The average Bonchev–Trinajstić information content (AvgIpc) is 2.78. The highest BCUT2D eigenvalue weighted by Gasteiger charge is 2.13. The van der Waals surface area contributed by atoms with E-state index in [0.29, 0.717) is 41.0 Å². The minimum Gasteiger partial charge on any atom is -0.492 e. The third-order valence-electron chi connectivity index (χ3n) is 4.56. The molecule has 0 amide bonds. The highest BCUT2D eigenvalue weighted by Crippen LogP contribution is 2.35. The summed E-state index contributed by atoms with van der Waals surface area (Å²) in [5, 5.41) is 0.569. The fourth-order valence-electron chi connectivity index (χ4n) is 2.90. The van der Waals surface area contributed by atoms with Crippen molar-refractivity contribution in [3.8, 4) is 23.0 Å². The van der Waals surface area contributed by atoms with Crippen LogP contribution in [0.5, 0.6) is 23.0 Å². The molecule has 1 unspecified atom stereocenters. The number of rotatable bonds is 10. The van der Waals surface area contributed by atoms with Crippen molar-refractivity contribution in [1.29, 1.82) is 0 Å². The molecule has 1 atom stereocenters. The second kappa shape index (κ2) is 11.8. The standard InChI is InChI=1S/C25H24BrClO5/c1-17(12-13-30-22-10-8-18(14-21(22)26)15-25(28)29-2)31-23-11-9-19(27)16-24(23)32-20-6-4-3-5-7-20/h3-11,14,16-17H,12-13,15H2,1-2H3. The Hall–Kier alpha value is -2.70.